The zero-order chi connectivity index (χ0) is 15.1. The molecule has 0 heterocycles. The number of hydrogen-bond donors (Lipinski definition) is 1. The predicted molar refractivity (Wildman–Crippen MR) is 82.1 cm³/mol. The molecule has 1 aliphatic rings. The van der Waals surface area contributed by atoms with Gasteiger partial charge in [-0.1, -0.05) is 56.0 Å². The molecule has 0 spiro atoms. The topological polar surface area (TPSA) is 54.4 Å². The molecule has 21 heavy (non-hydrogen) atoms. The largest absolute Gasteiger partial charge is 0.481 e. The van der Waals surface area contributed by atoms with E-state index in [4.69, 9.17) is 0 Å². The number of aliphatic carboxylic acids is 1. The lowest BCUT2D eigenvalue weighted by molar-refractivity contribution is -0.144. The minimum absolute atomic E-state index is 0.0881. The molecule has 0 aromatic heterocycles. The Hall–Kier alpha value is -1.64. The number of rotatable bonds is 6. The van der Waals surface area contributed by atoms with Crippen LogP contribution in [0, 0.1) is 11.8 Å². The van der Waals surface area contributed by atoms with Gasteiger partial charge in [0.25, 0.3) is 0 Å². The molecule has 0 saturated heterocycles. The van der Waals surface area contributed by atoms with E-state index in [2.05, 4.69) is 0 Å². The third-order valence-corrected chi connectivity index (χ3v) is 4.43. The lowest BCUT2D eigenvalue weighted by atomic mass is 9.87. The summed E-state index contributed by atoms with van der Waals surface area (Å²) in [5.41, 5.74) is 0.985. The van der Waals surface area contributed by atoms with Crippen molar-refractivity contribution in [1.29, 1.82) is 0 Å². The minimum atomic E-state index is -0.860. The van der Waals surface area contributed by atoms with Gasteiger partial charge in [-0.2, -0.15) is 0 Å². The lowest BCUT2D eigenvalue weighted by Gasteiger charge is -2.17. The molecule has 1 aliphatic carbocycles. The van der Waals surface area contributed by atoms with E-state index in [-0.39, 0.29) is 18.1 Å². The molecule has 1 N–H and O–H groups in total. The van der Waals surface area contributed by atoms with Gasteiger partial charge in [0, 0.05) is 12.3 Å². The molecule has 3 heteroatoms. The fourth-order valence-electron chi connectivity index (χ4n) is 3.16. The van der Waals surface area contributed by atoms with E-state index in [0.717, 1.165) is 31.2 Å². The van der Waals surface area contributed by atoms with Crippen LogP contribution in [0.15, 0.2) is 30.3 Å². The lowest BCUT2D eigenvalue weighted by Crippen LogP contribution is -2.24. The second-order valence-electron chi connectivity index (χ2n) is 6.08. The van der Waals surface area contributed by atoms with Gasteiger partial charge in [-0.3, -0.25) is 9.59 Å². The fourth-order valence-corrected chi connectivity index (χ4v) is 3.16. The van der Waals surface area contributed by atoms with Crippen LogP contribution in [0.1, 0.15) is 50.5 Å². The summed E-state index contributed by atoms with van der Waals surface area (Å²) < 4.78 is 0. The summed E-state index contributed by atoms with van der Waals surface area (Å²) in [6.07, 6.45) is 7.11. The number of hydrogen-bond acceptors (Lipinski definition) is 2. The smallest absolute Gasteiger partial charge is 0.307 e. The molecule has 1 atom stereocenters. The van der Waals surface area contributed by atoms with Crippen LogP contribution in [-0.2, 0) is 16.0 Å². The van der Waals surface area contributed by atoms with Crippen molar-refractivity contribution in [3.8, 4) is 0 Å². The summed E-state index contributed by atoms with van der Waals surface area (Å²) in [5.74, 6) is -1.21. The first-order valence-corrected chi connectivity index (χ1v) is 7.96. The van der Waals surface area contributed by atoms with Crippen molar-refractivity contribution in [2.75, 3.05) is 0 Å². The highest BCUT2D eigenvalue weighted by Crippen LogP contribution is 2.26. The molecule has 1 aromatic rings. The highest BCUT2D eigenvalue weighted by atomic mass is 16.4. The van der Waals surface area contributed by atoms with Crippen LogP contribution in [0.3, 0.4) is 0 Å². The van der Waals surface area contributed by atoms with Gasteiger partial charge < -0.3 is 5.11 Å². The Morgan fingerprint density at radius 1 is 1.05 bits per heavy atom. The molecule has 0 aliphatic heterocycles. The molecule has 1 fully saturated rings. The van der Waals surface area contributed by atoms with Gasteiger partial charge in [0.05, 0.1) is 5.92 Å². The second-order valence-corrected chi connectivity index (χ2v) is 6.08. The Bertz CT molecular complexity index is 459. The average Bonchev–Trinajstić information content (AvgIpc) is 2.76. The molecule has 1 unspecified atom stereocenters. The van der Waals surface area contributed by atoms with E-state index in [1.54, 1.807) is 0 Å². The zero-order valence-electron chi connectivity index (χ0n) is 12.5. The van der Waals surface area contributed by atoms with Crippen molar-refractivity contribution >= 4 is 11.8 Å². The summed E-state index contributed by atoms with van der Waals surface area (Å²) in [5, 5.41) is 9.39. The van der Waals surface area contributed by atoms with E-state index in [9.17, 15) is 14.7 Å². The van der Waals surface area contributed by atoms with E-state index in [0.29, 0.717) is 6.42 Å². The number of carbonyl (C=O) groups excluding carboxylic acids is 1. The van der Waals surface area contributed by atoms with E-state index in [1.807, 2.05) is 30.3 Å². The first kappa shape index (κ1) is 15.7. The third-order valence-electron chi connectivity index (χ3n) is 4.43. The van der Waals surface area contributed by atoms with Crippen LogP contribution >= 0.6 is 0 Å². The highest BCUT2D eigenvalue weighted by molar-refractivity contribution is 5.85. The van der Waals surface area contributed by atoms with Gasteiger partial charge >= 0.3 is 5.97 Å². The number of carbonyl (C=O) groups is 2. The zero-order valence-corrected chi connectivity index (χ0v) is 12.5. The summed E-state index contributed by atoms with van der Waals surface area (Å²) in [7, 11) is 0. The van der Waals surface area contributed by atoms with Gasteiger partial charge in [-0.05, 0) is 24.8 Å². The van der Waals surface area contributed by atoms with Crippen molar-refractivity contribution in [2.24, 2.45) is 11.8 Å². The number of ketones is 1. The minimum Gasteiger partial charge on any atom is -0.481 e. The number of benzene rings is 1. The van der Waals surface area contributed by atoms with Crippen molar-refractivity contribution < 1.29 is 14.7 Å². The number of Topliss-reactive ketones (excluding diaryl/α,β-unsaturated/α-hetero) is 1. The SMILES string of the molecule is O=C(O)C(CC(=O)C1CCCCCC1)Cc1ccccc1. The van der Waals surface area contributed by atoms with Gasteiger partial charge in [-0.15, -0.1) is 0 Å². The Balaban J connectivity index is 1.95. The van der Waals surface area contributed by atoms with Crippen LogP contribution in [0.4, 0.5) is 0 Å². The molecule has 0 bridgehead atoms. The maximum absolute atomic E-state index is 12.4. The quantitative estimate of drug-likeness (QED) is 0.809. The van der Waals surface area contributed by atoms with Crippen LogP contribution in [0.25, 0.3) is 0 Å². The van der Waals surface area contributed by atoms with Crippen LogP contribution in [0.5, 0.6) is 0 Å². The molecule has 3 nitrogen and oxygen atoms in total. The van der Waals surface area contributed by atoms with Crippen molar-refractivity contribution in [1.82, 2.24) is 0 Å². The Morgan fingerprint density at radius 2 is 1.67 bits per heavy atom. The molecular formula is C18H24O3. The highest BCUT2D eigenvalue weighted by Gasteiger charge is 2.26. The van der Waals surface area contributed by atoms with Gasteiger partial charge in [-0.25, -0.2) is 0 Å². The van der Waals surface area contributed by atoms with Crippen LogP contribution in [-0.4, -0.2) is 16.9 Å². The first-order chi connectivity index (χ1) is 10.2. The molecule has 1 saturated carbocycles. The maximum Gasteiger partial charge on any atom is 0.307 e. The normalized spacial score (nSPS) is 17.9. The Labute approximate surface area is 126 Å². The molecule has 1 aromatic carbocycles. The van der Waals surface area contributed by atoms with Crippen molar-refractivity contribution in [2.45, 2.75) is 51.4 Å². The fraction of sp³-hybridized carbons (Fsp3) is 0.556. The Morgan fingerprint density at radius 3 is 2.24 bits per heavy atom. The third kappa shape index (κ3) is 5.00. The summed E-state index contributed by atoms with van der Waals surface area (Å²) in [4.78, 5) is 23.8. The standard InChI is InChI=1S/C18H24O3/c19-17(15-10-6-1-2-7-11-15)13-16(18(20)21)12-14-8-4-3-5-9-14/h3-5,8-9,15-16H,1-2,6-7,10-13H2,(H,20,21). The number of carboxylic acid groups (broad SMARTS) is 1. The van der Waals surface area contributed by atoms with Gasteiger partial charge in [0.15, 0.2) is 0 Å². The molecule has 0 amide bonds. The molecular weight excluding hydrogens is 264 g/mol. The predicted octanol–water partition coefficient (Wildman–Crippen LogP) is 3.86. The summed E-state index contributed by atoms with van der Waals surface area (Å²) in [6.45, 7) is 0. The monoisotopic (exact) mass is 288 g/mol. The van der Waals surface area contributed by atoms with Gasteiger partial charge in [0.2, 0.25) is 0 Å². The van der Waals surface area contributed by atoms with E-state index in [1.165, 1.54) is 12.8 Å². The van der Waals surface area contributed by atoms with E-state index >= 15 is 0 Å². The maximum atomic E-state index is 12.4. The molecule has 114 valence electrons. The van der Waals surface area contributed by atoms with Gasteiger partial charge in [0.1, 0.15) is 5.78 Å². The first-order valence-electron chi connectivity index (χ1n) is 7.96. The molecule has 2 rings (SSSR count). The Kier molecular flexibility index (Phi) is 5.97. The van der Waals surface area contributed by atoms with E-state index < -0.39 is 11.9 Å². The summed E-state index contributed by atoms with van der Waals surface area (Å²) >= 11 is 0. The van der Waals surface area contributed by atoms with Crippen LogP contribution < -0.4 is 0 Å². The average molecular weight is 288 g/mol. The molecule has 0 radical (unpaired) electrons. The van der Waals surface area contributed by atoms with Crippen LogP contribution in [0.2, 0.25) is 0 Å². The van der Waals surface area contributed by atoms with Crippen molar-refractivity contribution in [3.05, 3.63) is 35.9 Å². The number of carboxylic acids is 1. The summed E-state index contributed by atoms with van der Waals surface area (Å²) in [6, 6.07) is 9.57. The van der Waals surface area contributed by atoms with Crippen molar-refractivity contribution in [3.63, 3.8) is 0 Å². The second kappa shape index (κ2) is 7.96.